The molecule has 2 aromatic heterocycles. The van der Waals surface area contributed by atoms with Gasteiger partial charge in [-0.2, -0.15) is 0 Å². The van der Waals surface area contributed by atoms with Gasteiger partial charge < -0.3 is 10.6 Å². The van der Waals surface area contributed by atoms with Crippen molar-refractivity contribution in [3.63, 3.8) is 0 Å². The van der Waals surface area contributed by atoms with Crippen LogP contribution in [0.3, 0.4) is 0 Å². The van der Waals surface area contributed by atoms with Gasteiger partial charge >= 0.3 is 0 Å². The lowest BCUT2D eigenvalue weighted by molar-refractivity contribution is 0.0705. The lowest BCUT2D eigenvalue weighted by atomic mass is 9.92. The number of benzene rings is 1. The average Bonchev–Trinajstić information content (AvgIpc) is 2.78. The van der Waals surface area contributed by atoms with Crippen LogP contribution in [0.2, 0.25) is 0 Å². The second-order valence-electron chi connectivity index (χ2n) is 7.08. The Morgan fingerprint density at radius 1 is 1.03 bits per heavy atom. The first-order valence-corrected chi connectivity index (χ1v) is 9.91. The first-order chi connectivity index (χ1) is 14.3. The van der Waals surface area contributed by atoms with Crippen LogP contribution in [0.4, 0.5) is 11.6 Å². The smallest absolute Gasteiger partial charge is 0.277 e. The average molecular weight is 392 g/mol. The number of carbonyl (C=O) groups excluding carboxylic acids is 1. The largest absolute Gasteiger partial charge is 0.384 e. The number of aromatic nitrogens is 3. The summed E-state index contributed by atoms with van der Waals surface area (Å²) >= 11 is 0. The van der Waals surface area contributed by atoms with E-state index in [9.17, 15) is 4.79 Å². The van der Waals surface area contributed by atoms with Gasteiger partial charge in [-0.15, -0.1) is 0 Å². The van der Waals surface area contributed by atoms with Crippen LogP contribution in [-0.4, -0.2) is 39.2 Å². The van der Waals surface area contributed by atoms with E-state index >= 15 is 0 Å². The molecule has 1 aliphatic rings. The molecule has 3 aromatic rings. The predicted molar refractivity (Wildman–Crippen MR) is 111 cm³/mol. The molecule has 8 heteroatoms. The number of nitrogens with one attached hydrogen (secondary N) is 3. The van der Waals surface area contributed by atoms with Gasteiger partial charge in [-0.3, -0.25) is 15.0 Å². The highest BCUT2D eigenvalue weighted by Crippen LogP contribution is 2.33. The van der Waals surface area contributed by atoms with Crippen molar-refractivity contribution in [2.75, 3.05) is 23.7 Å². The normalized spacial score (nSPS) is 13.0. The zero-order valence-corrected chi connectivity index (χ0v) is 16.1. The number of amides is 1. The molecule has 4 N–H and O–H groups in total. The lowest BCUT2D eigenvalue weighted by Crippen LogP contribution is -2.19. The standard InChI is InChI=1S/C21H24N6O2/c28-20(27-29)14-12-24-21(25-13-14)23-11-5-10-22-19-15-6-1-3-8-17(15)26-18-9-4-2-7-16(18)19/h1,3,6,8,12-13,29H,2,4-5,7,9-11H2,(H,22,26)(H,27,28)(H,23,24,25). The molecule has 0 bridgehead atoms. The minimum atomic E-state index is -0.631. The van der Waals surface area contributed by atoms with Crippen LogP contribution in [0.25, 0.3) is 10.9 Å². The van der Waals surface area contributed by atoms with E-state index in [-0.39, 0.29) is 5.56 Å². The molecular formula is C21H24N6O2. The van der Waals surface area contributed by atoms with Crippen LogP contribution in [0.15, 0.2) is 36.7 Å². The number of hydrogen-bond acceptors (Lipinski definition) is 7. The van der Waals surface area contributed by atoms with E-state index in [0.717, 1.165) is 31.3 Å². The summed E-state index contributed by atoms with van der Waals surface area (Å²) in [5.41, 5.74) is 6.63. The van der Waals surface area contributed by atoms with Crippen LogP contribution >= 0.6 is 0 Å². The molecule has 0 aliphatic heterocycles. The Labute approximate surface area is 168 Å². The van der Waals surface area contributed by atoms with E-state index in [1.54, 1.807) is 5.48 Å². The first-order valence-electron chi connectivity index (χ1n) is 9.91. The monoisotopic (exact) mass is 392 g/mol. The fraction of sp³-hybridized carbons (Fsp3) is 0.333. The van der Waals surface area contributed by atoms with Crippen molar-refractivity contribution in [3.8, 4) is 0 Å². The number of fused-ring (bicyclic) bond motifs is 2. The highest BCUT2D eigenvalue weighted by molar-refractivity contribution is 5.93. The molecule has 0 spiro atoms. The van der Waals surface area contributed by atoms with Crippen molar-refractivity contribution in [2.45, 2.75) is 32.1 Å². The summed E-state index contributed by atoms with van der Waals surface area (Å²) in [6, 6.07) is 8.31. The van der Waals surface area contributed by atoms with Crippen molar-refractivity contribution in [1.82, 2.24) is 20.4 Å². The van der Waals surface area contributed by atoms with Gasteiger partial charge in [0, 0.05) is 42.3 Å². The summed E-state index contributed by atoms with van der Waals surface area (Å²) in [6.45, 7) is 1.52. The Kier molecular flexibility index (Phi) is 5.81. The van der Waals surface area contributed by atoms with E-state index in [2.05, 4.69) is 38.8 Å². The summed E-state index contributed by atoms with van der Waals surface area (Å²) in [6.07, 6.45) is 8.18. The molecule has 1 aromatic carbocycles. The van der Waals surface area contributed by atoms with Gasteiger partial charge in [-0.1, -0.05) is 18.2 Å². The molecule has 150 valence electrons. The number of aryl methyl sites for hydroxylation is 1. The number of hydroxylamine groups is 1. The molecule has 8 nitrogen and oxygen atoms in total. The quantitative estimate of drug-likeness (QED) is 0.278. The number of anilines is 2. The van der Waals surface area contributed by atoms with Crippen LogP contribution in [0, 0.1) is 0 Å². The Bertz CT molecular complexity index is 1010. The number of carbonyl (C=O) groups is 1. The molecule has 2 heterocycles. The molecule has 0 saturated heterocycles. The molecule has 4 rings (SSSR count). The van der Waals surface area contributed by atoms with Gasteiger partial charge in [0.15, 0.2) is 0 Å². The van der Waals surface area contributed by atoms with Gasteiger partial charge in [-0.25, -0.2) is 15.4 Å². The Morgan fingerprint density at radius 2 is 1.79 bits per heavy atom. The van der Waals surface area contributed by atoms with E-state index in [1.165, 1.54) is 47.6 Å². The highest BCUT2D eigenvalue weighted by Gasteiger charge is 2.17. The Hall–Kier alpha value is -3.26. The summed E-state index contributed by atoms with van der Waals surface area (Å²) in [5.74, 6) is -0.181. The fourth-order valence-corrected chi connectivity index (χ4v) is 3.68. The van der Waals surface area contributed by atoms with Crippen molar-refractivity contribution >= 4 is 28.4 Å². The third kappa shape index (κ3) is 4.27. The maximum Gasteiger partial charge on any atom is 0.277 e. The number of rotatable bonds is 7. The number of pyridine rings is 1. The van der Waals surface area contributed by atoms with Crippen LogP contribution in [0.5, 0.6) is 0 Å². The maximum absolute atomic E-state index is 11.3. The van der Waals surface area contributed by atoms with Gasteiger partial charge in [-0.05, 0) is 43.7 Å². The van der Waals surface area contributed by atoms with Crippen molar-refractivity contribution in [3.05, 3.63) is 53.5 Å². The molecule has 0 atom stereocenters. The first kappa shape index (κ1) is 19.1. The third-order valence-electron chi connectivity index (χ3n) is 5.12. The van der Waals surface area contributed by atoms with Crippen LogP contribution in [0.1, 0.15) is 40.9 Å². The van der Waals surface area contributed by atoms with Gasteiger partial charge in [0.25, 0.3) is 5.91 Å². The Morgan fingerprint density at radius 3 is 2.62 bits per heavy atom. The molecule has 0 saturated carbocycles. The number of para-hydroxylation sites is 1. The van der Waals surface area contributed by atoms with Crippen LogP contribution in [-0.2, 0) is 12.8 Å². The van der Waals surface area contributed by atoms with Crippen molar-refractivity contribution in [1.29, 1.82) is 0 Å². The zero-order chi connectivity index (χ0) is 20.1. The molecule has 0 fully saturated rings. The van der Waals surface area contributed by atoms with E-state index in [1.807, 2.05) is 6.07 Å². The van der Waals surface area contributed by atoms with Crippen LogP contribution < -0.4 is 16.1 Å². The Balaban J connectivity index is 1.36. The van der Waals surface area contributed by atoms with Gasteiger partial charge in [0.05, 0.1) is 11.1 Å². The summed E-state index contributed by atoms with van der Waals surface area (Å²) in [7, 11) is 0. The molecule has 29 heavy (non-hydrogen) atoms. The van der Waals surface area contributed by atoms with Gasteiger partial charge in [0.2, 0.25) is 5.95 Å². The SMILES string of the molecule is O=C(NO)c1cnc(NCCCNc2c3c(nc4ccccc24)CCCC3)nc1. The van der Waals surface area contributed by atoms with Crippen molar-refractivity contribution < 1.29 is 10.0 Å². The number of hydrogen-bond donors (Lipinski definition) is 4. The molecule has 1 amide bonds. The number of nitrogens with zero attached hydrogens (tertiary/aromatic N) is 3. The lowest BCUT2D eigenvalue weighted by Gasteiger charge is -2.21. The minimum Gasteiger partial charge on any atom is -0.384 e. The second-order valence-corrected chi connectivity index (χ2v) is 7.08. The van der Waals surface area contributed by atoms with Gasteiger partial charge in [0.1, 0.15) is 0 Å². The summed E-state index contributed by atoms with van der Waals surface area (Å²) in [4.78, 5) is 24.3. The van der Waals surface area contributed by atoms with E-state index < -0.39 is 5.91 Å². The zero-order valence-electron chi connectivity index (χ0n) is 16.1. The summed E-state index contributed by atoms with van der Waals surface area (Å²) in [5, 5.41) is 16.6. The van der Waals surface area contributed by atoms with E-state index in [0.29, 0.717) is 12.5 Å². The fourth-order valence-electron chi connectivity index (χ4n) is 3.68. The third-order valence-corrected chi connectivity index (χ3v) is 5.12. The molecular weight excluding hydrogens is 368 g/mol. The predicted octanol–water partition coefficient (Wildman–Crippen LogP) is 2.94. The molecule has 0 radical (unpaired) electrons. The molecule has 1 aliphatic carbocycles. The summed E-state index contributed by atoms with van der Waals surface area (Å²) < 4.78 is 0. The van der Waals surface area contributed by atoms with E-state index in [4.69, 9.17) is 10.2 Å². The molecule has 0 unspecified atom stereocenters. The minimum absolute atomic E-state index is 0.203. The van der Waals surface area contributed by atoms with Crippen molar-refractivity contribution in [2.24, 2.45) is 0 Å². The second kappa shape index (κ2) is 8.83. The maximum atomic E-state index is 11.3. The highest BCUT2D eigenvalue weighted by atomic mass is 16.5. The topological polar surface area (TPSA) is 112 Å².